The number of imidazole rings is 1. The summed E-state index contributed by atoms with van der Waals surface area (Å²) in [7, 11) is 0. The van der Waals surface area contributed by atoms with E-state index >= 15 is 0 Å². The van der Waals surface area contributed by atoms with Gasteiger partial charge in [0.1, 0.15) is 5.52 Å². The predicted octanol–water partition coefficient (Wildman–Crippen LogP) is 1.10. The molecule has 0 aliphatic heterocycles. The molecule has 62 valence electrons. The zero-order valence-corrected chi connectivity index (χ0v) is 6.84. The zero-order valence-electron chi connectivity index (χ0n) is 6.08. The normalized spacial score (nSPS) is 10.8. The number of hydrogen-bond acceptors (Lipinski definition) is 3. The number of H-pyrrole nitrogens is 1. The highest BCUT2D eigenvalue weighted by Gasteiger charge is 2.04. The Morgan fingerprint density at radius 2 is 2.42 bits per heavy atom. The van der Waals surface area contributed by atoms with Gasteiger partial charge in [0.2, 0.25) is 0 Å². The van der Waals surface area contributed by atoms with E-state index in [4.69, 9.17) is 16.7 Å². The number of hydrogen-bond donors (Lipinski definition) is 2. The number of rotatable bonds is 1. The summed E-state index contributed by atoms with van der Waals surface area (Å²) in [6.07, 6.45) is 1.54. The highest BCUT2D eigenvalue weighted by molar-refractivity contribution is 6.33. The summed E-state index contributed by atoms with van der Waals surface area (Å²) in [6.45, 7) is -0.116. The van der Waals surface area contributed by atoms with Gasteiger partial charge in [-0.3, -0.25) is 0 Å². The third-order valence-electron chi connectivity index (χ3n) is 1.58. The molecule has 0 saturated heterocycles. The van der Waals surface area contributed by atoms with E-state index in [0.29, 0.717) is 16.4 Å². The molecular weight excluding hydrogens is 178 g/mol. The molecule has 2 aromatic rings. The van der Waals surface area contributed by atoms with Gasteiger partial charge in [-0.2, -0.15) is 0 Å². The molecule has 4 nitrogen and oxygen atoms in total. The SMILES string of the molecule is OCc1cc2[nH]cnc2c(Cl)n1. The zero-order chi connectivity index (χ0) is 8.55. The summed E-state index contributed by atoms with van der Waals surface area (Å²) >= 11 is 5.78. The van der Waals surface area contributed by atoms with E-state index in [-0.39, 0.29) is 6.61 Å². The van der Waals surface area contributed by atoms with Crippen molar-refractivity contribution in [2.24, 2.45) is 0 Å². The Morgan fingerprint density at radius 1 is 1.58 bits per heavy atom. The van der Waals surface area contributed by atoms with E-state index < -0.39 is 0 Å². The molecule has 0 unspecified atom stereocenters. The van der Waals surface area contributed by atoms with Crippen molar-refractivity contribution >= 4 is 22.6 Å². The van der Waals surface area contributed by atoms with Gasteiger partial charge < -0.3 is 10.1 Å². The van der Waals surface area contributed by atoms with Gasteiger partial charge >= 0.3 is 0 Å². The first-order chi connectivity index (χ1) is 5.81. The Bertz CT molecular complexity index is 412. The van der Waals surface area contributed by atoms with Crippen molar-refractivity contribution in [3.63, 3.8) is 0 Å². The van der Waals surface area contributed by atoms with E-state index in [0.717, 1.165) is 5.52 Å². The molecule has 2 rings (SSSR count). The second kappa shape index (κ2) is 2.73. The van der Waals surface area contributed by atoms with E-state index in [1.807, 2.05) is 0 Å². The van der Waals surface area contributed by atoms with Crippen LogP contribution in [0.3, 0.4) is 0 Å². The Morgan fingerprint density at radius 3 is 3.17 bits per heavy atom. The number of aromatic nitrogens is 3. The summed E-state index contributed by atoms with van der Waals surface area (Å²) in [5.41, 5.74) is 1.96. The Kier molecular flexibility index (Phi) is 1.71. The molecule has 0 aliphatic rings. The lowest BCUT2D eigenvalue weighted by atomic mass is 10.3. The summed E-state index contributed by atoms with van der Waals surface area (Å²) in [5, 5.41) is 9.12. The molecule has 0 bridgehead atoms. The topological polar surface area (TPSA) is 61.8 Å². The standard InChI is InChI=1S/C7H6ClN3O/c8-7-6-5(9-3-10-6)1-4(2-12)11-7/h1,3,12H,2H2,(H,9,10). The third-order valence-corrected chi connectivity index (χ3v) is 1.84. The fraction of sp³-hybridized carbons (Fsp3) is 0.143. The number of fused-ring (bicyclic) bond motifs is 1. The number of nitrogens with one attached hydrogen (secondary N) is 1. The highest BCUT2D eigenvalue weighted by Crippen LogP contribution is 2.18. The molecular formula is C7H6ClN3O. The Balaban J connectivity index is 2.75. The summed E-state index contributed by atoms with van der Waals surface area (Å²) < 4.78 is 0. The second-order valence-electron chi connectivity index (χ2n) is 2.36. The smallest absolute Gasteiger partial charge is 0.157 e. The number of aliphatic hydroxyl groups is 1. The monoisotopic (exact) mass is 183 g/mol. The van der Waals surface area contributed by atoms with Gasteiger partial charge in [-0.1, -0.05) is 11.6 Å². The van der Waals surface area contributed by atoms with E-state index in [9.17, 15) is 0 Å². The lowest BCUT2D eigenvalue weighted by molar-refractivity contribution is 0.277. The molecule has 0 aromatic carbocycles. The van der Waals surface area contributed by atoms with Crippen molar-refractivity contribution in [1.82, 2.24) is 15.0 Å². The maximum atomic E-state index is 8.80. The first-order valence-electron chi connectivity index (χ1n) is 3.40. The van der Waals surface area contributed by atoms with Crippen molar-refractivity contribution in [3.05, 3.63) is 23.2 Å². The Labute approximate surface area is 73.2 Å². The third kappa shape index (κ3) is 1.05. The van der Waals surface area contributed by atoms with Crippen LogP contribution in [0.25, 0.3) is 11.0 Å². The van der Waals surface area contributed by atoms with Crippen LogP contribution in [0.15, 0.2) is 12.4 Å². The molecule has 2 N–H and O–H groups in total. The Hall–Kier alpha value is -1.13. The van der Waals surface area contributed by atoms with Crippen molar-refractivity contribution in [3.8, 4) is 0 Å². The van der Waals surface area contributed by atoms with Crippen LogP contribution < -0.4 is 0 Å². The first-order valence-corrected chi connectivity index (χ1v) is 3.78. The van der Waals surface area contributed by atoms with Crippen molar-refractivity contribution in [1.29, 1.82) is 0 Å². The first kappa shape index (κ1) is 7.52. The van der Waals surface area contributed by atoms with Crippen LogP contribution in [-0.4, -0.2) is 20.1 Å². The number of aliphatic hydroxyl groups excluding tert-OH is 1. The van der Waals surface area contributed by atoms with Gasteiger partial charge in [-0.05, 0) is 6.07 Å². The van der Waals surface area contributed by atoms with Crippen molar-refractivity contribution in [2.45, 2.75) is 6.61 Å². The molecule has 0 spiro atoms. The minimum Gasteiger partial charge on any atom is -0.390 e. The molecule has 0 aliphatic carbocycles. The minimum atomic E-state index is -0.116. The average Bonchev–Trinajstić information content (AvgIpc) is 2.52. The second-order valence-corrected chi connectivity index (χ2v) is 2.72. The van der Waals surface area contributed by atoms with Crippen LogP contribution in [0.1, 0.15) is 5.69 Å². The minimum absolute atomic E-state index is 0.116. The van der Waals surface area contributed by atoms with Crippen molar-refractivity contribution < 1.29 is 5.11 Å². The van der Waals surface area contributed by atoms with Gasteiger partial charge in [0.25, 0.3) is 0 Å². The van der Waals surface area contributed by atoms with Crippen LogP contribution in [0, 0.1) is 0 Å². The predicted molar refractivity (Wildman–Crippen MR) is 44.8 cm³/mol. The summed E-state index contributed by atoms with van der Waals surface area (Å²) in [4.78, 5) is 10.8. The fourth-order valence-electron chi connectivity index (χ4n) is 1.04. The molecule has 0 saturated carbocycles. The lowest BCUT2D eigenvalue weighted by Gasteiger charge is -1.96. The number of aromatic amines is 1. The van der Waals surface area contributed by atoms with Gasteiger partial charge in [0, 0.05) is 0 Å². The van der Waals surface area contributed by atoms with Gasteiger partial charge in [0.05, 0.1) is 24.1 Å². The van der Waals surface area contributed by atoms with Crippen LogP contribution >= 0.6 is 11.6 Å². The molecule has 12 heavy (non-hydrogen) atoms. The van der Waals surface area contributed by atoms with Crippen LogP contribution in [0.5, 0.6) is 0 Å². The molecule has 2 aromatic heterocycles. The van der Waals surface area contributed by atoms with E-state index in [1.165, 1.54) is 0 Å². The fourth-order valence-corrected chi connectivity index (χ4v) is 1.30. The van der Waals surface area contributed by atoms with Crippen LogP contribution in [-0.2, 0) is 6.61 Å². The van der Waals surface area contributed by atoms with E-state index in [1.54, 1.807) is 12.4 Å². The number of pyridine rings is 1. The number of nitrogens with zero attached hydrogens (tertiary/aromatic N) is 2. The van der Waals surface area contributed by atoms with Gasteiger partial charge in [-0.25, -0.2) is 9.97 Å². The maximum Gasteiger partial charge on any atom is 0.157 e. The molecule has 2 heterocycles. The lowest BCUT2D eigenvalue weighted by Crippen LogP contribution is -1.89. The van der Waals surface area contributed by atoms with Gasteiger partial charge in [0.15, 0.2) is 5.15 Å². The van der Waals surface area contributed by atoms with Crippen molar-refractivity contribution in [2.75, 3.05) is 0 Å². The largest absolute Gasteiger partial charge is 0.390 e. The van der Waals surface area contributed by atoms with E-state index in [2.05, 4.69) is 15.0 Å². The molecule has 0 atom stereocenters. The summed E-state index contributed by atoms with van der Waals surface area (Å²) in [5.74, 6) is 0. The maximum absolute atomic E-state index is 8.80. The van der Waals surface area contributed by atoms with Crippen LogP contribution in [0.2, 0.25) is 5.15 Å². The highest BCUT2D eigenvalue weighted by atomic mass is 35.5. The average molecular weight is 184 g/mol. The summed E-state index contributed by atoms with van der Waals surface area (Å²) in [6, 6.07) is 1.72. The molecule has 0 radical (unpaired) electrons. The molecule has 0 amide bonds. The van der Waals surface area contributed by atoms with Gasteiger partial charge in [-0.15, -0.1) is 0 Å². The molecule has 5 heteroatoms. The number of halogens is 1. The van der Waals surface area contributed by atoms with Crippen LogP contribution in [0.4, 0.5) is 0 Å². The molecule has 0 fully saturated rings. The quantitative estimate of drug-likeness (QED) is 0.651.